The molecule has 7 nitrogen and oxygen atoms in total. The van der Waals surface area contributed by atoms with Crippen LogP contribution in [0.5, 0.6) is 11.5 Å². The maximum atomic E-state index is 13.5. The highest BCUT2D eigenvalue weighted by Crippen LogP contribution is 2.39. The first-order valence-corrected chi connectivity index (χ1v) is 12.0. The van der Waals surface area contributed by atoms with Crippen LogP contribution in [0.3, 0.4) is 0 Å². The van der Waals surface area contributed by atoms with Gasteiger partial charge >= 0.3 is 0 Å². The third-order valence-corrected chi connectivity index (χ3v) is 7.60. The molecular weight excluding hydrogens is 438 g/mol. The quantitative estimate of drug-likeness (QED) is 0.634. The first kappa shape index (κ1) is 20.2. The number of carbonyl (C=O) groups excluding carboxylic acids is 2. The van der Waals surface area contributed by atoms with E-state index in [0.29, 0.717) is 28.7 Å². The Hall–Kier alpha value is -3.39. The molecule has 2 aromatic carbocycles. The van der Waals surface area contributed by atoms with Crippen molar-refractivity contribution in [2.45, 2.75) is 38.1 Å². The average Bonchev–Trinajstić information content (AvgIpc) is 3.49. The van der Waals surface area contributed by atoms with Crippen molar-refractivity contribution >= 4 is 28.3 Å². The van der Waals surface area contributed by atoms with E-state index in [-0.39, 0.29) is 24.5 Å². The van der Waals surface area contributed by atoms with Gasteiger partial charge in [-0.25, -0.2) is 4.98 Å². The minimum atomic E-state index is -0.255. The topological polar surface area (TPSA) is 80.8 Å². The van der Waals surface area contributed by atoms with Crippen molar-refractivity contribution in [1.29, 1.82) is 0 Å². The highest BCUT2D eigenvalue weighted by atomic mass is 32.1. The fourth-order valence-electron chi connectivity index (χ4n) is 4.82. The molecule has 0 bridgehead atoms. The second-order valence-electron chi connectivity index (χ2n) is 8.57. The molecule has 1 atom stereocenters. The van der Waals surface area contributed by atoms with Gasteiger partial charge in [0.25, 0.3) is 5.91 Å². The molecule has 0 spiro atoms. The van der Waals surface area contributed by atoms with Crippen LogP contribution in [0.1, 0.15) is 50.8 Å². The Balaban J connectivity index is 1.19. The lowest BCUT2D eigenvalue weighted by atomic mass is 9.89. The summed E-state index contributed by atoms with van der Waals surface area (Å²) in [6.45, 7) is 1.55. The summed E-state index contributed by atoms with van der Waals surface area (Å²) in [6.07, 6.45) is 3.52. The van der Waals surface area contributed by atoms with Crippen molar-refractivity contribution in [3.05, 3.63) is 69.7 Å². The number of nitrogens with zero attached hydrogens (tertiary/aromatic N) is 2. The first-order valence-electron chi connectivity index (χ1n) is 11.2. The molecule has 1 aliphatic carbocycles. The normalized spacial score (nSPS) is 18.4. The van der Waals surface area contributed by atoms with Crippen molar-refractivity contribution < 1.29 is 19.1 Å². The number of fused-ring (bicyclic) bond motifs is 3. The molecule has 0 saturated carbocycles. The molecule has 2 amide bonds. The molecule has 2 aliphatic heterocycles. The van der Waals surface area contributed by atoms with Crippen molar-refractivity contribution in [3.63, 3.8) is 0 Å². The largest absolute Gasteiger partial charge is 0.454 e. The molecule has 1 aromatic heterocycles. The van der Waals surface area contributed by atoms with E-state index in [1.54, 1.807) is 18.2 Å². The van der Waals surface area contributed by atoms with Gasteiger partial charge in [-0.15, -0.1) is 11.3 Å². The predicted molar refractivity (Wildman–Crippen MR) is 124 cm³/mol. The van der Waals surface area contributed by atoms with E-state index in [2.05, 4.69) is 23.5 Å². The molecule has 0 fully saturated rings. The number of amides is 2. The second kappa shape index (κ2) is 8.19. The standard InChI is InChI=1S/C25H23N3O4S/c29-23(16-8-9-19-20(12-16)32-14-31-19)27-25-26-22-18(6-3-7-21(22)33-25)24(30)28-11-10-15-4-1-2-5-17(15)13-28/h1-2,4-5,8-9,12,18H,3,6-7,10-11,13-14H2,(H,26,27,29)/t18-/m1/s1. The lowest BCUT2D eigenvalue weighted by Gasteiger charge is -2.32. The van der Waals surface area contributed by atoms with Crippen molar-refractivity contribution in [2.24, 2.45) is 0 Å². The number of thiazole rings is 1. The fraction of sp³-hybridized carbons (Fsp3) is 0.320. The summed E-state index contributed by atoms with van der Waals surface area (Å²) in [5.74, 6) is 0.846. The minimum Gasteiger partial charge on any atom is -0.454 e. The van der Waals surface area contributed by atoms with Crippen LogP contribution in [0.25, 0.3) is 0 Å². The molecule has 3 aromatic rings. The van der Waals surface area contributed by atoms with E-state index in [0.717, 1.165) is 42.8 Å². The summed E-state index contributed by atoms with van der Waals surface area (Å²) in [5, 5.41) is 3.44. The number of carbonyl (C=O) groups is 2. The van der Waals surface area contributed by atoms with Gasteiger partial charge in [0.2, 0.25) is 12.7 Å². The molecule has 0 radical (unpaired) electrons. The number of nitrogens with one attached hydrogen (secondary N) is 1. The number of hydrogen-bond donors (Lipinski definition) is 1. The van der Waals surface area contributed by atoms with Gasteiger partial charge in [0, 0.05) is 23.5 Å². The summed E-state index contributed by atoms with van der Waals surface area (Å²) < 4.78 is 10.7. The summed E-state index contributed by atoms with van der Waals surface area (Å²) in [4.78, 5) is 34.0. The molecule has 33 heavy (non-hydrogen) atoms. The maximum Gasteiger partial charge on any atom is 0.257 e. The summed E-state index contributed by atoms with van der Waals surface area (Å²) in [7, 11) is 0. The van der Waals surface area contributed by atoms with Crippen LogP contribution >= 0.6 is 11.3 Å². The Bertz CT molecular complexity index is 1250. The summed E-state index contributed by atoms with van der Waals surface area (Å²) in [6, 6.07) is 13.4. The van der Waals surface area contributed by atoms with Crippen molar-refractivity contribution in [3.8, 4) is 11.5 Å². The molecule has 0 unspecified atom stereocenters. The van der Waals surface area contributed by atoms with Crippen LogP contribution in [-0.2, 0) is 24.2 Å². The molecule has 168 valence electrons. The van der Waals surface area contributed by atoms with Crippen LogP contribution in [0, 0.1) is 0 Å². The highest BCUT2D eigenvalue weighted by Gasteiger charge is 2.34. The van der Waals surface area contributed by atoms with Crippen LogP contribution in [0.15, 0.2) is 42.5 Å². The van der Waals surface area contributed by atoms with Gasteiger partial charge in [-0.1, -0.05) is 24.3 Å². The molecule has 8 heteroatoms. The molecular formula is C25H23N3O4S. The van der Waals surface area contributed by atoms with E-state index in [9.17, 15) is 9.59 Å². The zero-order chi connectivity index (χ0) is 22.4. The van der Waals surface area contributed by atoms with Crippen LogP contribution < -0.4 is 14.8 Å². The Morgan fingerprint density at radius 3 is 2.82 bits per heavy atom. The summed E-state index contributed by atoms with van der Waals surface area (Å²) in [5.41, 5.74) is 3.86. The third-order valence-electron chi connectivity index (χ3n) is 6.55. The van der Waals surface area contributed by atoms with Crippen LogP contribution in [-0.4, -0.2) is 35.0 Å². The van der Waals surface area contributed by atoms with Crippen molar-refractivity contribution in [2.75, 3.05) is 18.7 Å². The van der Waals surface area contributed by atoms with Gasteiger partial charge in [-0.3, -0.25) is 14.9 Å². The average molecular weight is 462 g/mol. The Morgan fingerprint density at radius 1 is 1.06 bits per heavy atom. The van der Waals surface area contributed by atoms with Gasteiger partial charge in [0.05, 0.1) is 11.6 Å². The van der Waals surface area contributed by atoms with E-state index in [1.165, 1.54) is 22.5 Å². The number of rotatable bonds is 3. The van der Waals surface area contributed by atoms with E-state index in [1.807, 2.05) is 11.0 Å². The zero-order valence-corrected chi connectivity index (χ0v) is 18.8. The zero-order valence-electron chi connectivity index (χ0n) is 18.0. The van der Waals surface area contributed by atoms with E-state index < -0.39 is 0 Å². The number of anilines is 1. The molecule has 1 N–H and O–H groups in total. The van der Waals surface area contributed by atoms with Crippen molar-refractivity contribution in [1.82, 2.24) is 9.88 Å². The monoisotopic (exact) mass is 461 g/mol. The lowest BCUT2D eigenvalue weighted by molar-refractivity contribution is -0.134. The van der Waals surface area contributed by atoms with Gasteiger partial charge in [-0.05, 0) is 55.0 Å². The molecule has 3 aliphatic rings. The predicted octanol–water partition coefficient (Wildman–Crippen LogP) is 4.13. The number of aryl methyl sites for hydroxylation is 1. The van der Waals surface area contributed by atoms with Crippen LogP contribution in [0.4, 0.5) is 5.13 Å². The highest BCUT2D eigenvalue weighted by molar-refractivity contribution is 7.16. The summed E-state index contributed by atoms with van der Waals surface area (Å²) >= 11 is 1.47. The molecule has 3 heterocycles. The lowest BCUT2D eigenvalue weighted by Crippen LogP contribution is -2.39. The fourth-order valence-corrected chi connectivity index (χ4v) is 5.88. The van der Waals surface area contributed by atoms with Gasteiger partial charge in [0.15, 0.2) is 16.6 Å². The third kappa shape index (κ3) is 3.74. The smallest absolute Gasteiger partial charge is 0.257 e. The minimum absolute atomic E-state index is 0.143. The molecule has 6 rings (SSSR count). The SMILES string of the molecule is O=C(Nc1nc2c(s1)CCC[C@H]2C(=O)N1CCc2ccccc2C1)c1ccc2c(c1)OCO2. The van der Waals surface area contributed by atoms with Gasteiger partial charge in [0.1, 0.15) is 0 Å². The number of hydrogen-bond acceptors (Lipinski definition) is 6. The number of ether oxygens (including phenoxy) is 2. The van der Waals surface area contributed by atoms with Gasteiger partial charge in [-0.2, -0.15) is 0 Å². The first-order chi connectivity index (χ1) is 16.2. The van der Waals surface area contributed by atoms with E-state index in [4.69, 9.17) is 14.5 Å². The number of aromatic nitrogens is 1. The molecule has 0 saturated heterocycles. The maximum absolute atomic E-state index is 13.5. The Labute approximate surface area is 195 Å². The number of benzene rings is 2. The Kier molecular flexibility index (Phi) is 5.02. The second-order valence-corrected chi connectivity index (χ2v) is 9.66. The van der Waals surface area contributed by atoms with Gasteiger partial charge < -0.3 is 14.4 Å². The van der Waals surface area contributed by atoms with E-state index >= 15 is 0 Å². The Morgan fingerprint density at radius 2 is 1.91 bits per heavy atom. The van der Waals surface area contributed by atoms with Crippen LogP contribution in [0.2, 0.25) is 0 Å².